The topological polar surface area (TPSA) is 26.0 Å². The Morgan fingerprint density at radius 3 is 2.76 bits per heavy atom. The predicted octanol–water partition coefficient (Wildman–Crippen LogP) is 3.76. The number of nitrogens with two attached hydrogens (primary N) is 1. The van der Waals surface area contributed by atoms with Crippen molar-refractivity contribution >= 4 is 27.3 Å². The van der Waals surface area contributed by atoms with Crippen molar-refractivity contribution in [2.75, 3.05) is 0 Å². The summed E-state index contributed by atoms with van der Waals surface area (Å²) in [5.74, 6) is -0.231. The molecule has 0 saturated heterocycles. The summed E-state index contributed by atoms with van der Waals surface area (Å²) in [4.78, 5) is 1.27. The quantitative estimate of drug-likeness (QED) is 0.913. The molecule has 1 heterocycles. The van der Waals surface area contributed by atoms with E-state index in [-0.39, 0.29) is 11.9 Å². The van der Waals surface area contributed by atoms with Gasteiger partial charge in [0, 0.05) is 10.9 Å². The van der Waals surface area contributed by atoms with Crippen LogP contribution in [0.25, 0.3) is 0 Å². The van der Waals surface area contributed by atoms with Crippen molar-refractivity contribution in [3.05, 3.63) is 56.4 Å². The van der Waals surface area contributed by atoms with Crippen molar-refractivity contribution in [3.8, 4) is 0 Å². The van der Waals surface area contributed by atoms with Crippen LogP contribution < -0.4 is 5.73 Å². The van der Waals surface area contributed by atoms with Gasteiger partial charge in [0.05, 0.1) is 4.47 Å². The summed E-state index contributed by atoms with van der Waals surface area (Å²) in [6.07, 6.45) is 1.51. The minimum Gasteiger partial charge on any atom is -0.327 e. The van der Waals surface area contributed by atoms with Crippen molar-refractivity contribution in [2.24, 2.45) is 5.73 Å². The van der Waals surface area contributed by atoms with Gasteiger partial charge in [0.15, 0.2) is 0 Å². The fourth-order valence-electron chi connectivity index (χ4n) is 1.75. The highest BCUT2D eigenvalue weighted by molar-refractivity contribution is 9.10. The van der Waals surface area contributed by atoms with Crippen molar-refractivity contribution in [2.45, 2.75) is 18.9 Å². The van der Waals surface area contributed by atoms with Crippen molar-refractivity contribution in [1.82, 2.24) is 0 Å². The van der Waals surface area contributed by atoms with Gasteiger partial charge in [-0.25, -0.2) is 4.39 Å². The molecule has 0 aliphatic heterocycles. The molecule has 2 rings (SSSR count). The third-order valence-corrected chi connectivity index (χ3v) is 4.34. The summed E-state index contributed by atoms with van der Waals surface area (Å²) in [5, 5.41) is 2.04. The Hall–Kier alpha value is -0.710. The number of hydrogen-bond acceptors (Lipinski definition) is 2. The van der Waals surface area contributed by atoms with Gasteiger partial charge >= 0.3 is 0 Å². The van der Waals surface area contributed by atoms with E-state index in [0.29, 0.717) is 10.9 Å². The Bertz CT molecular complexity index is 484. The molecular weight excluding hydrogens is 301 g/mol. The van der Waals surface area contributed by atoms with Crippen LogP contribution in [0.5, 0.6) is 0 Å². The minimum atomic E-state index is -0.231. The molecule has 4 heteroatoms. The third-order valence-electron chi connectivity index (χ3n) is 2.56. The number of rotatable bonds is 4. The summed E-state index contributed by atoms with van der Waals surface area (Å²) in [7, 11) is 0. The van der Waals surface area contributed by atoms with E-state index < -0.39 is 0 Å². The maximum atomic E-state index is 13.3. The molecule has 0 saturated carbocycles. The van der Waals surface area contributed by atoms with E-state index in [9.17, 15) is 4.39 Å². The first kappa shape index (κ1) is 12.7. The number of halogens is 2. The average molecular weight is 314 g/mol. The Morgan fingerprint density at radius 2 is 2.06 bits per heavy atom. The summed E-state index contributed by atoms with van der Waals surface area (Å²) in [5.41, 5.74) is 7.00. The van der Waals surface area contributed by atoms with Crippen molar-refractivity contribution in [1.29, 1.82) is 0 Å². The van der Waals surface area contributed by atoms with Gasteiger partial charge in [-0.2, -0.15) is 0 Å². The third kappa shape index (κ3) is 3.37. The van der Waals surface area contributed by atoms with Gasteiger partial charge < -0.3 is 5.73 Å². The molecular formula is C13H13BrFNS. The van der Waals surface area contributed by atoms with E-state index in [1.165, 1.54) is 10.9 Å². The first-order valence-corrected chi connectivity index (χ1v) is 7.05. The molecule has 90 valence electrons. The molecule has 1 aromatic carbocycles. The molecule has 0 spiro atoms. The van der Waals surface area contributed by atoms with E-state index in [1.807, 2.05) is 17.5 Å². The second-order valence-electron chi connectivity index (χ2n) is 3.96. The second kappa shape index (κ2) is 5.76. The van der Waals surface area contributed by atoms with E-state index in [2.05, 4.69) is 22.0 Å². The van der Waals surface area contributed by atoms with Gasteiger partial charge in [-0.15, -0.1) is 11.3 Å². The Labute approximate surface area is 113 Å². The van der Waals surface area contributed by atoms with Crippen LogP contribution in [0.1, 0.15) is 10.4 Å². The predicted molar refractivity (Wildman–Crippen MR) is 73.8 cm³/mol. The smallest absolute Gasteiger partial charge is 0.137 e. The van der Waals surface area contributed by atoms with Crippen LogP contribution in [0.2, 0.25) is 0 Å². The van der Waals surface area contributed by atoms with Gasteiger partial charge in [0.2, 0.25) is 0 Å². The van der Waals surface area contributed by atoms with Crippen LogP contribution >= 0.6 is 27.3 Å². The van der Waals surface area contributed by atoms with Crippen LogP contribution in [-0.4, -0.2) is 6.04 Å². The largest absolute Gasteiger partial charge is 0.327 e. The SMILES string of the molecule is NC(Cc1cccs1)Cc1cccc(F)c1Br. The zero-order valence-electron chi connectivity index (χ0n) is 9.20. The van der Waals surface area contributed by atoms with E-state index in [0.717, 1.165) is 12.0 Å². The lowest BCUT2D eigenvalue weighted by atomic mass is 10.0. The highest BCUT2D eigenvalue weighted by Gasteiger charge is 2.10. The Morgan fingerprint density at radius 1 is 1.24 bits per heavy atom. The molecule has 1 nitrogen and oxygen atoms in total. The fraction of sp³-hybridized carbons (Fsp3) is 0.231. The van der Waals surface area contributed by atoms with E-state index >= 15 is 0 Å². The monoisotopic (exact) mass is 313 g/mol. The Kier molecular flexibility index (Phi) is 4.31. The van der Waals surface area contributed by atoms with E-state index in [1.54, 1.807) is 17.4 Å². The normalized spacial score (nSPS) is 12.6. The van der Waals surface area contributed by atoms with Gasteiger partial charge in [0.25, 0.3) is 0 Å². The first-order valence-electron chi connectivity index (χ1n) is 5.37. The summed E-state index contributed by atoms with van der Waals surface area (Å²) in [6, 6.07) is 9.18. The molecule has 1 aromatic heterocycles. The molecule has 17 heavy (non-hydrogen) atoms. The second-order valence-corrected chi connectivity index (χ2v) is 5.79. The maximum Gasteiger partial charge on any atom is 0.137 e. The van der Waals surface area contributed by atoms with Crippen LogP contribution in [0.3, 0.4) is 0 Å². The van der Waals surface area contributed by atoms with Crippen LogP contribution in [0.15, 0.2) is 40.2 Å². The lowest BCUT2D eigenvalue weighted by Crippen LogP contribution is -2.25. The highest BCUT2D eigenvalue weighted by Crippen LogP contribution is 2.22. The zero-order valence-corrected chi connectivity index (χ0v) is 11.6. The molecule has 0 aliphatic carbocycles. The summed E-state index contributed by atoms with van der Waals surface area (Å²) < 4.78 is 13.9. The summed E-state index contributed by atoms with van der Waals surface area (Å²) >= 11 is 4.96. The van der Waals surface area contributed by atoms with Crippen LogP contribution in [0, 0.1) is 5.82 Å². The van der Waals surface area contributed by atoms with E-state index in [4.69, 9.17) is 5.73 Å². The van der Waals surface area contributed by atoms with Gasteiger partial charge in [-0.05, 0) is 51.8 Å². The van der Waals surface area contributed by atoms with Gasteiger partial charge in [0.1, 0.15) is 5.82 Å². The highest BCUT2D eigenvalue weighted by atomic mass is 79.9. The minimum absolute atomic E-state index is 0.0201. The molecule has 0 amide bonds. The summed E-state index contributed by atoms with van der Waals surface area (Å²) in [6.45, 7) is 0. The Balaban J connectivity index is 2.03. The standard InChI is InChI=1S/C13H13BrFNS/c14-13-9(3-1-5-12(13)15)7-10(16)8-11-4-2-6-17-11/h1-6,10H,7-8,16H2. The van der Waals surface area contributed by atoms with Crippen LogP contribution in [0.4, 0.5) is 4.39 Å². The van der Waals surface area contributed by atoms with Gasteiger partial charge in [-0.1, -0.05) is 18.2 Å². The molecule has 1 unspecified atom stereocenters. The molecule has 0 fully saturated rings. The van der Waals surface area contributed by atoms with Crippen LogP contribution in [-0.2, 0) is 12.8 Å². The fourth-order valence-corrected chi connectivity index (χ4v) is 2.97. The zero-order chi connectivity index (χ0) is 12.3. The van der Waals surface area contributed by atoms with Gasteiger partial charge in [-0.3, -0.25) is 0 Å². The molecule has 1 atom stereocenters. The number of benzene rings is 1. The lowest BCUT2D eigenvalue weighted by Gasteiger charge is -2.12. The first-order chi connectivity index (χ1) is 8.16. The maximum absolute atomic E-state index is 13.3. The number of hydrogen-bond donors (Lipinski definition) is 1. The lowest BCUT2D eigenvalue weighted by molar-refractivity contribution is 0.611. The average Bonchev–Trinajstić information content (AvgIpc) is 2.77. The molecule has 0 radical (unpaired) electrons. The molecule has 2 aromatic rings. The van der Waals surface area contributed by atoms with Crippen molar-refractivity contribution in [3.63, 3.8) is 0 Å². The molecule has 0 aliphatic rings. The number of thiophene rings is 1. The molecule has 2 N–H and O–H groups in total. The van der Waals surface area contributed by atoms with Crippen molar-refractivity contribution < 1.29 is 4.39 Å². The molecule has 0 bridgehead atoms.